The molecule has 0 aromatic heterocycles. The number of benzene rings is 2. The lowest BCUT2D eigenvalue weighted by Gasteiger charge is -2.14. The minimum absolute atomic E-state index is 0.0805. The zero-order chi connectivity index (χ0) is 15.4. The molecule has 6 heteroatoms. The molecule has 21 heavy (non-hydrogen) atoms. The van der Waals surface area contributed by atoms with Crippen LogP contribution in [0, 0.1) is 10.1 Å². The average Bonchev–Trinajstić information content (AvgIpc) is 2.47. The number of aliphatic hydroxyl groups is 1. The summed E-state index contributed by atoms with van der Waals surface area (Å²) in [7, 11) is 1.41. The van der Waals surface area contributed by atoms with E-state index >= 15 is 0 Å². The molecule has 0 bridgehead atoms. The fourth-order valence-electron chi connectivity index (χ4n) is 1.89. The van der Waals surface area contributed by atoms with E-state index in [1.807, 2.05) is 0 Å². The van der Waals surface area contributed by atoms with E-state index in [4.69, 9.17) is 9.47 Å². The van der Waals surface area contributed by atoms with Crippen LogP contribution in [0.25, 0.3) is 0 Å². The van der Waals surface area contributed by atoms with E-state index in [9.17, 15) is 15.2 Å². The molecule has 0 spiro atoms. The van der Waals surface area contributed by atoms with Gasteiger partial charge in [-0.2, -0.15) is 0 Å². The Kier molecular flexibility index (Phi) is 4.39. The van der Waals surface area contributed by atoms with Crippen molar-refractivity contribution >= 4 is 5.69 Å². The number of non-ortho nitro benzene ring substituents is 1. The second-order valence-electron chi connectivity index (χ2n) is 4.41. The Balaban J connectivity index is 2.38. The number of methoxy groups -OCH3 is 1. The molecule has 0 unspecified atom stereocenters. The first-order valence-corrected chi connectivity index (χ1v) is 6.30. The maximum absolute atomic E-state index is 10.8. The SMILES string of the molecule is COc1cc([N+](=O)[O-])ccc1Oc1ccccc1[C@@H](C)O. The summed E-state index contributed by atoms with van der Waals surface area (Å²) in [5.41, 5.74) is 0.543. The van der Waals surface area contributed by atoms with Gasteiger partial charge >= 0.3 is 0 Å². The lowest BCUT2D eigenvalue weighted by atomic mass is 10.1. The maximum atomic E-state index is 10.8. The van der Waals surface area contributed by atoms with Crippen molar-refractivity contribution in [1.29, 1.82) is 0 Å². The summed E-state index contributed by atoms with van der Waals surface area (Å²) in [6.07, 6.45) is -0.690. The molecule has 0 saturated carbocycles. The summed E-state index contributed by atoms with van der Waals surface area (Å²) >= 11 is 0. The summed E-state index contributed by atoms with van der Waals surface area (Å²) in [5.74, 6) is 1.07. The van der Waals surface area contributed by atoms with Crippen molar-refractivity contribution in [3.8, 4) is 17.2 Å². The van der Waals surface area contributed by atoms with E-state index in [1.165, 1.54) is 25.3 Å². The number of aliphatic hydroxyl groups excluding tert-OH is 1. The molecule has 2 aromatic rings. The first-order chi connectivity index (χ1) is 10.0. The molecule has 0 saturated heterocycles. The predicted molar refractivity (Wildman–Crippen MR) is 76.8 cm³/mol. The summed E-state index contributed by atoms with van der Waals surface area (Å²) in [5, 5.41) is 20.5. The number of nitro groups is 1. The van der Waals surface area contributed by atoms with E-state index in [2.05, 4.69) is 0 Å². The molecule has 2 rings (SSSR count). The molecule has 0 aliphatic rings. The number of nitrogens with zero attached hydrogens (tertiary/aromatic N) is 1. The second kappa shape index (κ2) is 6.23. The highest BCUT2D eigenvalue weighted by Gasteiger charge is 2.15. The number of hydrogen-bond acceptors (Lipinski definition) is 5. The van der Waals surface area contributed by atoms with Crippen LogP contribution in [0.1, 0.15) is 18.6 Å². The van der Waals surface area contributed by atoms with Gasteiger partial charge in [-0.05, 0) is 19.1 Å². The zero-order valence-electron chi connectivity index (χ0n) is 11.6. The number of para-hydroxylation sites is 1. The molecule has 1 N–H and O–H groups in total. The number of nitro benzene ring substituents is 1. The first-order valence-electron chi connectivity index (χ1n) is 6.30. The van der Waals surface area contributed by atoms with E-state index in [1.54, 1.807) is 31.2 Å². The molecule has 0 amide bonds. The maximum Gasteiger partial charge on any atom is 0.273 e. The normalized spacial score (nSPS) is 11.8. The van der Waals surface area contributed by atoms with Crippen LogP contribution in [0.4, 0.5) is 5.69 Å². The molecule has 0 aliphatic carbocycles. The van der Waals surface area contributed by atoms with Gasteiger partial charge in [0.2, 0.25) is 0 Å². The number of ether oxygens (including phenoxy) is 2. The van der Waals surface area contributed by atoms with Crippen molar-refractivity contribution in [3.05, 3.63) is 58.1 Å². The Hall–Kier alpha value is -2.60. The highest BCUT2D eigenvalue weighted by atomic mass is 16.6. The van der Waals surface area contributed by atoms with Crippen molar-refractivity contribution in [2.24, 2.45) is 0 Å². The van der Waals surface area contributed by atoms with Crippen LogP contribution < -0.4 is 9.47 Å². The molecule has 0 radical (unpaired) electrons. The third-order valence-corrected chi connectivity index (χ3v) is 2.95. The molecular weight excluding hydrogens is 274 g/mol. The van der Waals surface area contributed by atoms with Crippen molar-refractivity contribution in [2.75, 3.05) is 7.11 Å². The fraction of sp³-hybridized carbons (Fsp3) is 0.200. The van der Waals surface area contributed by atoms with Crippen LogP contribution in [-0.4, -0.2) is 17.1 Å². The quantitative estimate of drug-likeness (QED) is 0.673. The number of hydrogen-bond donors (Lipinski definition) is 1. The van der Waals surface area contributed by atoms with E-state index in [0.29, 0.717) is 17.1 Å². The second-order valence-corrected chi connectivity index (χ2v) is 4.41. The Morgan fingerprint density at radius 1 is 1.14 bits per heavy atom. The van der Waals surface area contributed by atoms with Crippen molar-refractivity contribution in [1.82, 2.24) is 0 Å². The molecule has 110 valence electrons. The van der Waals surface area contributed by atoms with E-state index in [-0.39, 0.29) is 11.4 Å². The summed E-state index contributed by atoms with van der Waals surface area (Å²) in [4.78, 5) is 10.3. The van der Waals surface area contributed by atoms with Gasteiger partial charge in [-0.15, -0.1) is 0 Å². The smallest absolute Gasteiger partial charge is 0.273 e. The van der Waals surface area contributed by atoms with Crippen molar-refractivity contribution in [2.45, 2.75) is 13.0 Å². The molecular formula is C15H15NO5. The molecule has 1 atom stereocenters. The van der Waals surface area contributed by atoms with Gasteiger partial charge in [0.15, 0.2) is 11.5 Å². The fourth-order valence-corrected chi connectivity index (χ4v) is 1.89. The molecule has 0 fully saturated rings. The van der Waals surface area contributed by atoms with Gasteiger partial charge < -0.3 is 14.6 Å². The van der Waals surface area contributed by atoms with Crippen LogP contribution in [0.3, 0.4) is 0 Å². The Morgan fingerprint density at radius 3 is 2.48 bits per heavy atom. The monoisotopic (exact) mass is 289 g/mol. The van der Waals surface area contributed by atoms with Gasteiger partial charge in [0.05, 0.1) is 24.2 Å². The Morgan fingerprint density at radius 2 is 1.86 bits per heavy atom. The van der Waals surface area contributed by atoms with E-state index < -0.39 is 11.0 Å². The summed E-state index contributed by atoms with van der Waals surface area (Å²) in [6.45, 7) is 1.63. The van der Waals surface area contributed by atoms with Gasteiger partial charge in [0, 0.05) is 11.6 Å². The average molecular weight is 289 g/mol. The zero-order valence-corrected chi connectivity index (χ0v) is 11.6. The highest BCUT2D eigenvalue weighted by molar-refractivity contribution is 5.51. The first kappa shape index (κ1) is 14.8. The largest absolute Gasteiger partial charge is 0.493 e. The van der Waals surface area contributed by atoms with Gasteiger partial charge in [-0.3, -0.25) is 10.1 Å². The third-order valence-electron chi connectivity index (χ3n) is 2.95. The van der Waals surface area contributed by atoms with Crippen molar-refractivity contribution in [3.63, 3.8) is 0 Å². The third kappa shape index (κ3) is 3.29. The molecule has 0 heterocycles. The predicted octanol–water partition coefficient (Wildman–Crippen LogP) is 3.45. The lowest BCUT2D eigenvalue weighted by molar-refractivity contribution is -0.384. The molecule has 2 aromatic carbocycles. The standard InChI is InChI=1S/C15H15NO5/c1-10(17)12-5-3-4-6-13(12)21-14-8-7-11(16(18)19)9-15(14)20-2/h3-10,17H,1-2H3/t10-/m1/s1. The van der Waals surface area contributed by atoms with Gasteiger partial charge in [-0.1, -0.05) is 18.2 Å². The van der Waals surface area contributed by atoms with Gasteiger partial charge in [0.1, 0.15) is 5.75 Å². The minimum atomic E-state index is -0.690. The topological polar surface area (TPSA) is 81.8 Å². The highest BCUT2D eigenvalue weighted by Crippen LogP contribution is 2.36. The Bertz CT molecular complexity index is 654. The van der Waals surface area contributed by atoms with Crippen LogP contribution in [0.15, 0.2) is 42.5 Å². The molecule has 0 aliphatic heterocycles. The van der Waals surface area contributed by atoms with Crippen LogP contribution in [0.5, 0.6) is 17.2 Å². The van der Waals surface area contributed by atoms with Gasteiger partial charge in [-0.25, -0.2) is 0 Å². The van der Waals surface area contributed by atoms with Gasteiger partial charge in [0.25, 0.3) is 5.69 Å². The minimum Gasteiger partial charge on any atom is -0.493 e. The lowest BCUT2D eigenvalue weighted by Crippen LogP contribution is -1.98. The van der Waals surface area contributed by atoms with Crippen LogP contribution in [-0.2, 0) is 0 Å². The van der Waals surface area contributed by atoms with Crippen LogP contribution in [0.2, 0.25) is 0 Å². The number of rotatable bonds is 5. The van der Waals surface area contributed by atoms with Crippen LogP contribution >= 0.6 is 0 Å². The van der Waals surface area contributed by atoms with E-state index in [0.717, 1.165) is 0 Å². The Labute approximate surface area is 121 Å². The summed E-state index contributed by atoms with van der Waals surface area (Å²) < 4.78 is 10.8. The molecule has 6 nitrogen and oxygen atoms in total. The summed E-state index contributed by atoms with van der Waals surface area (Å²) in [6, 6.07) is 11.1. The van der Waals surface area contributed by atoms with Crippen molar-refractivity contribution < 1.29 is 19.5 Å².